The maximum absolute atomic E-state index is 6.32. The van der Waals surface area contributed by atoms with Crippen LogP contribution in [0.15, 0.2) is 4.99 Å². The average Bonchev–Trinajstić information content (AvgIpc) is 3.06. The molecule has 1 heterocycles. The zero-order chi connectivity index (χ0) is 14.9. The van der Waals surface area contributed by atoms with Crippen molar-refractivity contribution in [2.45, 2.75) is 91.3 Å². The van der Waals surface area contributed by atoms with Crippen molar-refractivity contribution < 1.29 is 9.47 Å². The van der Waals surface area contributed by atoms with Crippen LogP contribution < -0.4 is 0 Å². The van der Waals surface area contributed by atoms with Gasteiger partial charge in [-0.3, -0.25) is 4.99 Å². The van der Waals surface area contributed by atoms with Gasteiger partial charge in [-0.25, -0.2) is 0 Å². The smallest absolute Gasteiger partial charge is 0.174 e. The van der Waals surface area contributed by atoms with E-state index in [0.29, 0.717) is 0 Å². The second-order valence-corrected chi connectivity index (χ2v) is 7.33. The molecule has 0 aliphatic carbocycles. The lowest BCUT2D eigenvalue weighted by Crippen LogP contribution is -2.42. The predicted molar refractivity (Wildman–Crippen MR) is 80.8 cm³/mol. The van der Waals surface area contributed by atoms with Crippen LogP contribution in [0.25, 0.3) is 0 Å². The van der Waals surface area contributed by atoms with E-state index in [1.165, 1.54) is 0 Å². The number of nitrogens with zero attached hydrogens (tertiary/aromatic N) is 1. The van der Waals surface area contributed by atoms with Crippen LogP contribution in [0.3, 0.4) is 0 Å². The number of hydrogen-bond donors (Lipinski definition) is 0. The molecule has 0 amide bonds. The monoisotopic (exact) mass is 269 g/mol. The fraction of sp³-hybridized carbons (Fsp3) is 0.938. The number of rotatable bonds is 7. The lowest BCUT2D eigenvalue weighted by molar-refractivity contribution is -0.144. The van der Waals surface area contributed by atoms with E-state index >= 15 is 0 Å². The molecule has 3 nitrogen and oxygen atoms in total. The Labute approximate surface area is 118 Å². The molecule has 4 atom stereocenters. The first kappa shape index (κ1) is 16.6. The van der Waals surface area contributed by atoms with E-state index in [2.05, 4.69) is 60.2 Å². The molecule has 1 fully saturated rings. The third kappa shape index (κ3) is 4.28. The van der Waals surface area contributed by atoms with E-state index in [1.54, 1.807) is 0 Å². The van der Waals surface area contributed by atoms with Gasteiger partial charge >= 0.3 is 0 Å². The Hall–Kier alpha value is -0.410. The molecule has 0 radical (unpaired) electrons. The van der Waals surface area contributed by atoms with E-state index in [0.717, 1.165) is 19.3 Å². The first-order valence-corrected chi connectivity index (χ1v) is 7.40. The van der Waals surface area contributed by atoms with Crippen LogP contribution in [-0.2, 0) is 9.47 Å². The number of hydrogen-bond acceptors (Lipinski definition) is 3. The third-order valence-electron chi connectivity index (χ3n) is 4.22. The molecule has 4 unspecified atom stereocenters. The maximum Gasteiger partial charge on any atom is 0.174 e. The molecular formula is C16H31NO2. The highest BCUT2D eigenvalue weighted by atomic mass is 16.6. The molecule has 1 rings (SSSR count). The van der Waals surface area contributed by atoms with Crippen LogP contribution in [0.5, 0.6) is 0 Å². The second kappa shape index (κ2) is 5.53. The van der Waals surface area contributed by atoms with Crippen LogP contribution >= 0.6 is 0 Å². The van der Waals surface area contributed by atoms with Crippen molar-refractivity contribution in [2.24, 2.45) is 10.4 Å². The van der Waals surface area contributed by atoms with E-state index in [4.69, 9.17) is 9.47 Å². The van der Waals surface area contributed by atoms with Crippen LogP contribution in [0, 0.1) is 5.41 Å². The summed E-state index contributed by atoms with van der Waals surface area (Å²) in [4.78, 5) is 4.01. The number of epoxide rings is 1. The molecular weight excluding hydrogens is 238 g/mol. The zero-order valence-corrected chi connectivity index (χ0v) is 13.7. The van der Waals surface area contributed by atoms with Crippen LogP contribution in [0.2, 0.25) is 0 Å². The number of ether oxygens (including phenoxy) is 2. The summed E-state index contributed by atoms with van der Waals surface area (Å²) in [5.41, 5.74) is -0.150. The summed E-state index contributed by atoms with van der Waals surface area (Å²) in [5, 5.41) is 0. The maximum atomic E-state index is 6.32. The fourth-order valence-corrected chi connectivity index (χ4v) is 3.01. The molecule has 1 saturated heterocycles. The first-order valence-electron chi connectivity index (χ1n) is 7.40. The van der Waals surface area contributed by atoms with Crippen molar-refractivity contribution in [1.82, 2.24) is 0 Å². The highest BCUT2D eigenvalue weighted by Gasteiger charge is 2.53. The van der Waals surface area contributed by atoms with Crippen molar-refractivity contribution in [3.05, 3.63) is 0 Å². The van der Waals surface area contributed by atoms with Gasteiger partial charge in [0, 0.05) is 5.41 Å². The molecule has 0 spiro atoms. The Kier molecular flexibility index (Phi) is 4.84. The summed E-state index contributed by atoms with van der Waals surface area (Å²) >= 11 is 0. The standard InChI is InChI=1S/C16H31NO2/c1-9-15(6,12-13(17-8)18-12)11-16(7,10-2)19-14(3,4)5/h12-13H,8-11H2,1-7H3. The average molecular weight is 269 g/mol. The molecule has 0 aromatic heterocycles. The van der Waals surface area contributed by atoms with Gasteiger partial charge in [0.2, 0.25) is 0 Å². The first-order chi connectivity index (χ1) is 8.59. The van der Waals surface area contributed by atoms with Crippen LogP contribution in [0.4, 0.5) is 0 Å². The van der Waals surface area contributed by atoms with Crippen molar-refractivity contribution in [3.8, 4) is 0 Å². The minimum atomic E-state index is -0.125. The molecule has 0 aromatic rings. The van der Waals surface area contributed by atoms with E-state index in [9.17, 15) is 0 Å². The Morgan fingerprint density at radius 2 is 1.68 bits per heavy atom. The topological polar surface area (TPSA) is 34.1 Å². The summed E-state index contributed by atoms with van der Waals surface area (Å²) in [6.07, 6.45) is 3.23. The number of aliphatic imine (C=N–C) groups is 1. The molecule has 0 saturated carbocycles. The molecule has 0 N–H and O–H groups in total. The summed E-state index contributed by atoms with van der Waals surface area (Å²) in [6, 6.07) is 0. The molecule has 19 heavy (non-hydrogen) atoms. The summed E-state index contributed by atoms with van der Waals surface area (Å²) in [5.74, 6) is 0. The van der Waals surface area contributed by atoms with Gasteiger partial charge in [0.25, 0.3) is 0 Å². The van der Waals surface area contributed by atoms with Crippen LogP contribution in [-0.4, -0.2) is 30.3 Å². The van der Waals surface area contributed by atoms with Gasteiger partial charge in [-0.2, -0.15) is 0 Å². The van der Waals surface area contributed by atoms with Crippen LogP contribution in [0.1, 0.15) is 67.7 Å². The SMILES string of the molecule is C=NC1OC1C(C)(CC)CC(C)(CC)OC(C)(C)C. The summed E-state index contributed by atoms with van der Waals surface area (Å²) in [7, 11) is 0. The molecule has 0 aromatic carbocycles. The minimum absolute atomic E-state index is 0.0132. The van der Waals surface area contributed by atoms with E-state index in [1.807, 2.05) is 0 Å². The largest absolute Gasteiger partial charge is 0.370 e. The van der Waals surface area contributed by atoms with Gasteiger partial charge < -0.3 is 9.47 Å². The minimum Gasteiger partial charge on any atom is -0.370 e. The predicted octanol–water partition coefficient (Wildman–Crippen LogP) is 4.20. The second-order valence-electron chi connectivity index (χ2n) is 7.33. The molecule has 0 bridgehead atoms. The van der Waals surface area contributed by atoms with Gasteiger partial charge in [0.05, 0.1) is 11.2 Å². The lowest BCUT2D eigenvalue weighted by Gasteiger charge is -2.42. The lowest BCUT2D eigenvalue weighted by atomic mass is 9.73. The molecule has 3 heteroatoms. The van der Waals surface area contributed by atoms with Crippen molar-refractivity contribution in [1.29, 1.82) is 0 Å². The Morgan fingerprint density at radius 3 is 2.00 bits per heavy atom. The Bertz CT molecular complexity index is 323. The van der Waals surface area contributed by atoms with Gasteiger partial charge in [-0.1, -0.05) is 20.8 Å². The molecule has 1 aliphatic heterocycles. The Balaban J connectivity index is 2.80. The van der Waals surface area contributed by atoms with Crippen molar-refractivity contribution in [3.63, 3.8) is 0 Å². The van der Waals surface area contributed by atoms with E-state index in [-0.39, 0.29) is 28.9 Å². The summed E-state index contributed by atoms with van der Waals surface area (Å²) in [6.45, 7) is 18.8. The van der Waals surface area contributed by atoms with Gasteiger partial charge in [-0.05, 0) is 53.7 Å². The highest BCUT2D eigenvalue weighted by Crippen LogP contribution is 2.48. The molecule has 112 valence electrons. The summed E-state index contributed by atoms with van der Waals surface area (Å²) < 4.78 is 12.0. The molecule has 1 aliphatic rings. The highest BCUT2D eigenvalue weighted by molar-refractivity contribution is 5.25. The third-order valence-corrected chi connectivity index (χ3v) is 4.22. The van der Waals surface area contributed by atoms with E-state index < -0.39 is 0 Å². The van der Waals surface area contributed by atoms with Crippen molar-refractivity contribution >= 4 is 6.72 Å². The van der Waals surface area contributed by atoms with Crippen molar-refractivity contribution in [2.75, 3.05) is 0 Å². The fourth-order valence-electron chi connectivity index (χ4n) is 3.01. The normalized spacial score (nSPS) is 29.4. The van der Waals surface area contributed by atoms with Gasteiger partial charge in [-0.15, -0.1) is 0 Å². The quantitative estimate of drug-likeness (QED) is 0.512. The van der Waals surface area contributed by atoms with Gasteiger partial charge in [0.15, 0.2) is 6.23 Å². The zero-order valence-electron chi connectivity index (χ0n) is 13.7. The Morgan fingerprint density at radius 1 is 1.11 bits per heavy atom. The van der Waals surface area contributed by atoms with Gasteiger partial charge in [0.1, 0.15) is 6.10 Å².